The van der Waals surface area contributed by atoms with Crippen LogP contribution in [0.2, 0.25) is 0 Å². The largest absolute Gasteiger partial charge is 0.401 e. The van der Waals surface area contributed by atoms with E-state index in [0.29, 0.717) is 0 Å². The number of nitrogens with zero attached hydrogens (tertiary/aromatic N) is 4. The van der Waals surface area contributed by atoms with Crippen molar-refractivity contribution in [3.63, 3.8) is 0 Å². The Hall–Kier alpha value is -3.20. The Bertz CT molecular complexity index is 942. The molecule has 0 amide bonds. The van der Waals surface area contributed by atoms with Gasteiger partial charge in [0, 0.05) is 29.9 Å². The van der Waals surface area contributed by atoms with Gasteiger partial charge in [-0.05, 0) is 5.56 Å². The minimum absolute atomic E-state index is 0.154. The van der Waals surface area contributed by atoms with E-state index in [-0.39, 0.29) is 24.5 Å². The van der Waals surface area contributed by atoms with Crippen molar-refractivity contribution in [3.05, 3.63) is 82.7 Å². The second kappa shape index (κ2) is 8.22. The third-order valence-electron chi connectivity index (χ3n) is 4.07. The van der Waals surface area contributed by atoms with Gasteiger partial charge in [-0.2, -0.15) is 18.3 Å². The summed E-state index contributed by atoms with van der Waals surface area (Å²) in [6.07, 6.45) is -1.22. The van der Waals surface area contributed by atoms with Crippen molar-refractivity contribution >= 4 is 5.69 Å². The SMILES string of the molecule is O=[N+]([O-])c1ccccc1CN(Cn1cc(-c2ccccc2)cn1)CC(F)(F)F. The minimum atomic E-state index is -4.45. The predicted molar refractivity (Wildman–Crippen MR) is 97.2 cm³/mol. The second-order valence-corrected chi connectivity index (χ2v) is 6.26. The van der Waals surface area contributed by atoms with Crippen LogP contribution in [0.15, 0.2) is 67.0 Å². The highest BCUT2D eigenvalue weighted by Gasteiger charge is 2.31. The first-order valence-electron chi connectivity index (χ1n) is 8.41. The molecular formula is C19H17F3N4O2. The highest BCUT2D eigenvalue weighted by molar-refractivity contribution is 5.61. The maximum atomic E-state index is 13.0. The fourth-order valence-corrected chi connectivity index (χ4v) is 2.90. The molecule has 1 aromatic heterocycles. The molecule has 3 aromatic rings. The van der Waals surface area contributed by atoms with Crippen LogP contribution in [-0.4, -0.2) is 32.3 Å². The molecule has 6 nitrogen and oxygen atoms in total. The predicted octanol–water partition coefficient (Wildman–Crippen LogP) is 4.48. The van der Waals surface area contributed by atoms with E-state index in [1.54, 1.807) is 18.5 Å². The van der Waals surface area contributed by atoms with Crippen LogP contribution < -0.4 is 0 Å². The van der Waals surface area contributed by atoms with Gasteiger partial charge in [0.15, 0.2) is 0 Å². The first kappa shape index (κ1) is 19.6. The van der Waals surface area contributed by atoms with E-state index in [1.165, 1.54) is 22.9 Å². The Labute approximate surface area is 159 Å². The third-order valence-corrected chi connectivity index (χ3v) is 4.07. The lowest BCUT2D eigenvalue weighted by molar-refractivity contribution is -0.385. The first-order chi connectivity index (χ1) is 13.3. The summed E-state index contributed by atoms with van der Waals surface area (Å²) in [5.41, 5.74) is 1.68. The standard InChI is InChI=1S/C19H17F3N4O2/c20-19(21,22)13-24(11-16-8-4-5-9-18(16)26(27)28)14-25-12-17(10-23-25)15-6-2-1-3-7-15/h1-10,12H,11,13-14H2. The van der Waals surface area contributed by atoms with Crippen molar-refractivity contribution in [1.29, 1.82) is 0 Å². The average Bonchev–Trinajstić information content (AvgIpc) is 3.10. The monoisotopic (exact) mass is 390 g/mol. The van der Waals surface area contributed by atoms with Gasteiger partial charge in [-0.3, -0.25) is 19.7 Å². The lowest BCUT2D eigenvalue weighted by Crippen LogP contribution is -2.35. The summed E-state index contributed by atoms with van der Waals surface area (Å²) in [5.74, 6) is 0. The van der Waals surface area contributed by atoms with Gasteiger partial charge in [0.2, 0.25) is 0 Å². The van der Waals surface area contributed by atoms with Gasteiger partial charge < -0.3 is 0 Å². The zero-order valence-corrected chi connectivity index (χ0v) is 14.7. The van der Waals surface area contributed by atoms with Gasteiger partial charge in [-0.25, -0.2) is 0 Å². The van der Waals surface area contributed by atoms with Gasteiger partial charge in [0.05, 0.1) is 24.3 Å². The molecule has 0 saturated heterocycles. The van der Waals surface area contributed by atoms with Gasteiger partial charge in [-0.1, -0.05) is 48.5 Å². The molecule has 1 heterocycles. The number of aromatic nitrogens is 2. The molecular weight excluding hydrogens is 373 g/mol. The van der Waals surface area contributed by atoms with Crippen LogP contribution >= 0.6 is 0 Å². The molecule has 0 saturated carbocycles. The van der Waals surface area contributed by atoms with E-state index >= 15 is 0 Å². The third kappa shape index (κ3) is 5.17. The summed E-state index contributed by atoms with van der Waals surface area (Å²) < 4.78 is 40.5. The summed E-state index contributed by atoms with van der Waals surface area (Å²) in [7, 11) is 0. The molecule has 0 spiro atoms. The number of alkyl halides is 3. The molecule has 0 unspecified atom stereocenters. The molecule has 0 bridgehead atoms. The molecule has 0 aliphatic heterocycles. The highest BCUT2D eigenvalue weighted by atomic mass is 19.4. The number of rotatable bonds is 7. The number of hydrogen-bond donors (Lipinski definition) is 0. The molecule has 9 heteroatoms. The highest BCUT2D eigenvalue weighted by Crippen LogP contribution is 2.24. The fourth-order valence-electron chi connectivity index (χ4n) is 2.90. The van der Waals surface area contributed by atoms with Gasteiger partial charge in [-0.15, -0.1) is 0 Å². The maximum Gasteiger partial charge on any atom is 0.401 e. The molecule has 0 radical (unpaired) electrons. The normalized spacial score (nSPS) is 11.7. The van der Waals surface area contributed by atoms with E-state index in [4.69, 9.17) is 0 Å². The lowest BCUT2D eigenvalue weighted by atomic mass is 10.1. The first-order valence-corrected chi connectivity index (χ1v) is 8.41. The average molecular weight is 390 g/mol. The second-order valence-electron chi connectivity index (χ2n) is 6.26. The summed E-state index contributed by atoms with van der Waals surface area (Å²) in [6, 6.07) is 15.1. The Kier molecular flexibility index (Phi) is 5.74. The van der Waals surface area contributed by atoms with Gasteiger partial charge in [0.1, 0.15) is 0 Å². The van der Waals surface area contributed by atoms with E-state index in [2.05, 4.69) is 5.10 Å². The molecule has 146 valence electrons. The van der Waals surface area contributed by atoms with Crippen molar-refractivity contribution in [2.45, 2.75) is 19.4 Å². The van der Waals surface area contributed by atoms with Crippen LogP contribution in [0.1, 0.15) is 5.56 Å². The summed E-state index contributed by atoms with van der Waals surface area (Å²) in [6.45, 7) is -1.59. The van der Waals surface area contributed by atoms with Crippen LogP contribution in [0.4, 0.5) is 18.9 Å². The molecule has 0 atom stereocenters. The fraction of sp³-hybridized carbons (Fsp3) is 0.211. The quantitative estimate of drug-likeness (QED) is 0.441. The molecule has 0 fully saturated rings. The maximum absolute atomic E-state index is 13.0. The number of hydrogen-bond acceptors (Lipinski definition) is 4. The van der Waals surface area contributed by atoms with Gasteiger partial charge in [0.25, 0.3) is 5.69 Å². The van der Waals surface area contributed by atoms with E-state index < -0.39 is 17.6 Å². The number of para-hydroxylation sites is 1. The van der Waals surface area contributed by atoms with Crippen molar-refractivity contribution < 1.29 is 18.1 Å². The number of nitro benzene ring substituents is 1. The van der Waals surface area contributed by atoms with E-state index in [9.17, 15) is 23.3 Å². The summed E-state index contributed by atoms with van der Waals surface area (Å²) in [5, 5.41) is 15.3. The number of benzene rings is 2. The Balaban J connectivity index is 1.82. The van der Waals surface area contributed by atoms with Crippen molar-refractivity contribution in [2.75, 3.05) is 6.54 Å². The molecule has 28 heavy (non-hydrogen) atoms. The van der Waals surface area contributed by atoms with Crippen LogP contribution in [0.3, 0.4) is 0 Å². The van der Waals surface area contributed by atoms with Crippen molar-refractivity contribution in [1.82, 2.24) is 14.7 Å². The number of halogens is 3. The van der Waals surface area contributed by atoms with Crippen molar-refractivity contribution in [3.8, 4) is 11.1 Å². The number of nitro groups is 1. The summed E-state index contributed by atoms with van der Waals surface area (Å²) >= 11 is 0. The van der Waals surface area contributed by atoms with Crippen molar-refractivity contribution in [2.24, 2.45) is 0 Å². The molecule has 0 aliphatic rings. The Morgan fingerprint density at radius 1 is 1.04 bits per heavy atom. The summed E-state index contributed by atoms with van der Waals surface area (Å²) in [4.78, 5) is 11.6. The molecule has 3 rings (SSSR count). The minimum Gasteiger partial charge on any atom is -0.271 e. The van der Waals surface area contributed by atoms with E-state index in [1.807, 2.05) is 30.3 Å². The smallest absolute Gasteiger partial charge is 0.271 e. The topological polar surface area (TPSA) is 64.2 Å². The zero-order chi connectivity index (χ0) is 20.1. The molecule has 0 aliphatic carbocycles. The van der Waals surface area contributed by atoms with Crippen LogP contribution in [-0.2, 0) is 13.2 Å². The molecule has 2 aromatic carbocycles. The molecule has 0 N–H and O–H groups in total. The van der Waals surface area contributed by atoms with Gasteiger partial charge >= 0.3 is 6.18 Å². The van der Waals surface area contributed by atoms with Crippen LogP contribution in [0.5, 0.6) is 0 Å². The van der Waals surface area contributed by atoms with Crippen LogP contribution in [0, 0.1) is 10.1 Å². The Morgan fingerprint density at radius 3 is 2.39 bits per heavy atom. The Morgan fingerprint density at radius 2 is 1.71 bits per heavy atom. The lowest BCUT2D eigenvalue weighted by Gasteiger charge is -2.23. The van der Waals surface area contributed by atoms with E-state index in [0.717, 1.165) is 16.0 Å². The van der Waals surface area contributed by atoms with Crippen LogP contribution in [0.25, 0.3) is 11.1 Å². The zero-order valence-electron chi connectivity index (χ0n) is 14.7.